The SMILES string of the molecule is O=C1S/C(=C\c2ccc(O)cc2)C(=O)N1c1ccccc1. The molecule has 2 aromatic rings. The summed E-state index contributed by atoms with van der Waals surface area (Å²) in [4.78, 5) is 25.9. The van der Waals surface area contributed by atoms with Crippen LogP contribution in [-0.2, 0) is 4.79 Å². The highest BCUT2D eigenvalue weighted by molar-refractivity contribution is 8.19. The van der Waals surface area contributed by atoms with Gasteiger partial charge in [0.2, 0.25) is 0 Å². The summed E-state index contributed by atoms with van der Waals surface area (Å²) in [6.07, 6.45) is 1.65. The van der Waals surface area contributed by atoms with E-state index in [0.29, 0.717) is 10.6 Å². The summed E-state index contributed by atoms with van der Waals surface area (Å²) < 4.78 is 0. The van der Waals surface area contributed by atoms with E-state index in [9.17, 15) is 14.7 Å². The molecule has 0 bridgehead atoms. The number of hydrogen-bond acceptors (Lipinski definition) is 4. The number of amides is 2. The lowest BCUT2D eigenvalue weighted by atomic mass is 10.2. The Bertz CT molecular complexity index is 723. The van der Waals surface area contributed by atoms with Crippen LogP contribution in [0.4, 0.5) is 10.5 Å². The molecule has 5 heteroatoms. The number of aromatic hydroxyl groups is 1. The summed E-state index contributed by atoms with van der Waals surface area (Å²) in [6, 6.07) is 15.3. The number of para-hydroxylation sites is 1. The van der Waals surface area contributed by atoms with Crippen LogP contribution in [0.5, 0.6) is 5.75 Å². The normalized spacial score (nSPS) is 16.8. The Balaban J connectivity index is 1.92. The molecule has 0 radical (unpaired) electrons. The zero-order chi connectivity index (χ0) is 14.8. The third-order valence-electron chi connectivity index (χ3n) is 3.00. The molecule has 0 aliphatic carbocycles. The lowest BCUT2D eigenvalue weighted by Gasteiger charge is -2.11. The summed E-state index contributed by atoms with van der Waals surface area (Å²) in [7, 11) is 0. The van der Waals surface area contributed by atoms with Crippen molar-refractivity contribution in [3.8, 4) is 5.75 Å². The standard InChI is InChI=1S/C16H11NO3S/c18-13-8-6-11(7-9-13)10-14-15(19)17(16(20)21-14)12-4-2-1-3-5-12/h1-10,18H/b14-10-. The molecule has 4 nitrogen and oxygen atoms in total. The summed E-state index contributed by atoms with van der Waals surface area (Å²) in [5.41, 5.74) is 1.32. The molecule has 0 aromatic heterocycles. The number of phenolic OH excluding ortho intramolecular Hbond substituents is 1. The highest BCUT2D eigenvalue weighted by Gasteiger charge is 2.36. The summed E-state index contributed by atoms with van der Waals surface area (Å²) in [6.45, 7) is 0. The fourth-order valence-corrected chi connectivity index (χ4v) is 2.83. The van der Waals surface area contributed by atoms with E-state index >= 15 is 0 Å². The van der Waals surface area contributed by atoms with Crippen LogP contribution >= 0.6 is 11.8 Å². The molecule has 0 saturated carbocycles. The Hall–Kier alpha value is -2.53. The van der Waals surface area contributed by atoms with E-state index in [1.807, 2.05) is 6.07 Å². The maximum absolute atomic E-state index is 12.4. The third-order valence-corrected chi connectivity index (χ3v) is 3.87. The van der Waals surface area contributed by atoms with Gasteiger partial charge in [-0.05, 0) is 47.7 Å². The monoisotopic (exact) mass is 297 g/mol. The van der Waals surface area contributed by atoms with E-state index in [2.05, 4.69) is 0 Å². The van der Waals surface area contributed by atoms with Gasteiger partial charge in [0.15, 0.2) is 0 Å². The van der Waals surface area contributed by atoms with E-state index in [0.717, 1.165) is 22.2 Å². The van der Waals surface area contributed by atoms with Gasteiger partial charge >= 0.3 is 0 Å². The predicted octanol–water partition coefficient (Wildman–Crippen LogP) is 3.63. The first-order chi connectivity index (χ1) is 10.1. The zero-order valence-electron chi connectivity index (χ0n) is 10.9. The number of imide groups is 1. The van der Waals surface area contributed by atoms with Crippen LogP contribution in [0.3, 0.4) is 0 Å². The number of thioether (sulfide) groups is 1. The number of rotatable bonds is 2. The third kappa shape index (κ3) is 2.68. The fraction of sp³-hybridized carbons (Fsp3) is 0. The fourth-order valence-electron chi connectivity index (χ4n) is 1.99. The van der Waals surface area contributed by atoms with Crippen molar-refractivity contribution in [3.05, 3.63) is 65.1 Å². The minimum absolute atomic E-state index is 0.157. The second-order valence-electron chi connectivity index (χ2n) is 4.44. The van der Waals surface area contributed by atoms with E-state index in [4.69, 9.17) is 0 Å². The van der Waals surface area contributed by atoms with Gasteiger partial charge in [0, 0.05) is 0 Å². The molecule has 21 heavy (non-hydrogen) atoms. The number of carbonyl (C=O) groups excluding carboxylic acids is 2. The maximum Gasteiger partial charge on any atom is 0.298 e. The summed E-state index contributed by atoms with van der Waals surface area (Å²) in [5, 5.41) is 8.94. The quantitative estimate of drug-likeness (QED) is 0.860. The molecule has 1 fully saturated rings. The van der Waals surface area contributed by atoms with E-state index in [-0.39, 0.29) is 16.9 Å². The molecule has 0 unspecified atom stereocenters. The minimum atomic E-state index is -0.329. The van der Waals surface area contributed by atoms with Crippen molar-refractivity contribution in [3.63, 3.8) is 0 Å². The number of anilines is 1. The maximum atomic E-state index is 12.4. The van der Waals surface area contributed by atoms with Gasteiger partial charge in [-0.1, -0.05) is 30.3 Å². The Morgan fingerprint density at radius 1 is 0.952 bits per heavy atom. The van der Waals surface area contributed by atoms with Crippen molar-refractivity contribution in [2.45, 2.75) is 0 Å². The lowest BCUT2D eigenvalue weighted by Crippen LogP contribution is -2.27. The van der Waals surface area contributed by atoms with Gasteiger partial charge in [-0.3, -0.25) is 9.59 Å². The number of phenols is 1. The topological polar surface area (TPSA) is 57.6 Å². The van der Waals surface area contributed by atoms with Crippen LogP contribution in [0.1, 0.15) is 5.56 Å². The van der Waals surface area contributed by atoms with E-state index in [1.165, 1.54) is 12.1 Å². The van der Waals surface area contributed by atoms with Gasteiger partial charge in [0.1, 0.15) is 5.75 Å². The van der Waals surface area contributed by atoms with Crippen molar-refractivity contribution in [1.29, 1.82) is 0 Å². The van der Waals surface area contributed by atoms with Gasteiger partial charge in [0.05, 0.1) is 10.6 Å². The van der Waals surface area contributed by atoms with Crippen molar-refractivity contribution in [2.75, 3.05) is 4.90 Å². The van der Waals surface area contributed by atoms with Crippen molar-refractivity contribution >= 4 is 34.7 Å². The summed E-state index contributed by atoms with van der Waals surface area (Å²) >= 11 is 0.912. The van der Waals surface area contributed by atoms with Crippen molar-refractivity contribution in [1.82, 2.24) is 0 Å². The van der Waals surface area contributed by atoms with Gasteiger partial charge in [-0.15, -0.1) is 0 Å². The number of benzene rings is 2. The number of nitrogens with zero attached hydrogens (tertiary/aromatic N) is 1. The van der Waals surface area contributed by atoms with Crippen LogP contribution in [0, 0.1) is 0 Å². The summed E-state index contributed by atoms with van der Waals surface area (Å²) in [5.74, 6) is -0.172. The average molecular weight is 297 g/mol. The van der Waals surface area contributed by atoms with Crippen molar-refractivity contribution in [2.24, 2.45) is 0 Å². The molecule has 0 spiro atoms. The predicted molar refractivity (Wildman–Crippen MR) is 83.0 cm³/mol. The lowest BCUT2D eigenvalue weighted by molar-refractivity contribution is -0.113. The second kappa shape index (κ2) is 5.46. The molecule has 3 rings (SSSR count). The Morgan fingerprint density at radius 2 is 1.62 bits per heavy atom. The molecule has 1 heterocycles. The van der Waals surface area contributed by atoms with Gasteiger partial charge < -0.3 is 5.11 Å². The largest absolute Gasteiger partial charge is 0.508 e. The number of carbonyl (C=O) groups is 2. The minimum Gasteiger partial charge on any atom is -0.508 e. The Labute approximate surface area is 125 Å². The van der Waals surface area contributed by atoms with E-state index in [1.54, 1.807) is 42.5 Å². The van der Waals surface area contributed by atoms with E-state index < -0.39 is 0 Å². The molecule has 0 atom stereocenters. The van der Waals surface area contributed by atoms with Gasteiger partial charge in [-0.2, -0.15) is 0 Å². The molecule has 2 aromatic carbocycles. The molecule has 104 valence electrons. The van der Waals surface area contributed by atoms with Crippen LogP contribution in [-0.4, -0.2) is 16.3 Å². The molecular weight excluding hydrogens is 286 g/mol. The molecule has 1 N–H and O–H groups in total. The first-order valence-corrected chi connectivity index (χ1v) is 7.09. The first-order valence-electron chi connectivity index (χ1n) is 6.27. The van der Waals surface area contributed by atoms with Crippen LogP contribution in [0.2, 0.25) is 0 Å². The first kappa shape index (κ1) is 13.5. The molecular formula is C16H11NO3S. The van der Waals surface area contributed by atoms with Crippen molar-refractivity contribution < 1.29 is 14.7 Å². The van der Waals surface area contributed by atoms with Gasteiger partial charge in [-0.25, -0.2) is 4.90 Å². The Kier molecular flexibility index (Phi) is 3.50. The highest BCUT2D eigenvalue weighted by Crippen LogP contribution is 2.35. The second-order valence-corrected chi connectivity index (χ2v) is 5.44. The zero-order valence-corrected chi connectivity index (χ0v) is 11.7. The van der Waals surface area contributed by atoms with Crippen LogP contribution < -0.4 is 4.90 Å². The average Bonchev–Trinajstić information content (AvgIpc) is 2.77. The molecule has 1 saturated heterocycles. The van der Waals surface area contributed by atoms with Crippen LogP contribution in [0.25, 0.3) is 6.08 Å². The highest BCUT2D eigenvalue weighted by atomic mass is 32.2. The Morgan fingerprint density at radius 3 is 2.29 bits per heavy atom. The smallest absolute Gasteiger partial charge is 0.298 e. The molecule has 1 aliphatic heterocycles. The number of hydrogen-bond donors (Lipinski definition) is 1. The van der Waals surface area contributed by atoms with Gasteiger partial charge in [0.25, 0.3) is 11.1 Å². The molecule has 1 aliphatic rings. The van der Waals surface area contributed by atoms with Crippen LogP contribution in [0.15, 0.2) is 59.5 Å². The molecule has 2 amide bonds.